The summed E-state index contributed by atoms with van der Waals surface area (Å²) in [7, 11) is 4.63. The highest BCUT2D eigenvalue weighted by molar-refractivity contribution is 5.98. The van der Waals surface area contributed by atoms with E-state index in [0.717, 1.165) is 44.5 Å². The van der Waals surface area contributed by atoms with Crippen molar-refractivity contribution < 1.29 is 44.8 Å². The van der Waals surface area contributed by atoms with Gasteiger partial charge in [-0.15, -0.1) is 0 Å². The Labute approximate surface area is 311 Å². The fraction of sp³-hybridized carbons (Fsp3) is 0.200. The summed E-state index contributed by atoms with van der Waals surface area (Å²) in [5.74, 6) is 1.74. The zero-order valence-electron chi connectivity index (χ0n) is 30.0. The van der Waals surface area contributed by atoms with Crippen LogP contribution in [0, 0.1) is 0 Å². The van der Waals surface area contributed by atoms with E-state index in [0.29, 0.717) is 100 Å². The Morgan fingerprint density at radius 2 is 0.963 bits per heavy atom. The number of methoxy groups -OCH3 is 3. The molecule has 0 aliphatic heterocycles. The van der Waals surface area contributed by atoms with Crippen molar-refractivity contribution in [1.29, 1.82) is 0 Å². The molecule has 0 saturated carbocycles. The summed E-state index contributed by atoms with van der Waals surface area (Å²) in [6.45, 7) is 0. The molecule has 0 radical (unpaired) electrons. The molecule has 6 aromatic rings. The Morgan fingerprint density at radius 3 is 1.70 bits per heavy atom. The number of rotatable bonds is 5. The van der Waals surface area contributed by atoms with Crippen LogP contribution in [0.15, 0.2) is 66.7 Å². The topological polar surface area (TPSA) is 149 Å². The normalized spacial score (nSPS) is 13.5. The van der Waals surface area contributed by atoms with Crippen molar-refractivity contribution in [3.8, 4) is 107 Å². The first kappa shape index (κ1) is 33.4. The van der Waals surface area contributed by atoms with Gasteiger partial charge in [0.2, 0.25) is 0 Å². The largest absolute Gasteiger partial charge is 0.508 e. The third-order valence-corrected chi connectivity index (χ3v) is 11.5. The zero-order valence-corrected chi connectivity index (χ0v) is 30.0. The molecule has 0 bridgehead atoms. The highest BCUT2D eigenvalue weighted by atomic mass is 16.5. The predicted octanol–water partition coefficient (Wildman–Crippen LogP) is 8.58. The SMILES string of the molecule is COc1cc(O)c2c(c1)CCc1cc(O)c(-c3c(OC)cc(O)c4c3CCc3c-4ccc(O)c3-c3c(OC)cc(O)c4c3CCc3cc(O)ccc3-4)cc1-2. The maximum atomic E-state index is 11.7. The number of aromatic hydroxyl groups is 6. The van der Waals surface area contributed by atoms with Crippen LogP contribution in [0.1, 0.15) is 33.4 Å². The molecule has 9 nitrogen and oxygen atoms in total. The molecule has 272 valence electrons. The van der Waals surface area contributed by atoms with Gasteiger partial charge in [-0.05, 0) is 125 Å². The van der Waals surface area contributed by atoms with Crippen LogP contribution in [0.25, 0.3) is 55.6 Å². The second-order valence-corrected chi connectivity index (χ2v) is 14.2. The van der Waals surface area contributed by atoms with Gasteiger partial charge in [0, 0.05) is 57.1 Å². The van der Waals surface area contributed by atoms with Crippen LogP contribution in [-0.2, 0) is 38.5 Å². The molecule has 9 heteroatoms. The molecule has 0 spiro atoms. The summed E-state index contributed by atoms with van der Waals surface area (Å²) in [5.41, 5.74) is 11.7. The zero-order chi connectivity index (χ0) is 37.6. The van der Waals surface area contributed by atoms with E-state index in [9.17, 15) is 30.6 Å². The summed E-state index contributed by atoms with van der Waals surface area (Å²) in [6, 6.07) is 18.8. The first-order chi connectivity index (χ1) is 26.1. The third-order valence-electron chi connectivity index (χ3n) is 11.5. The molecule has 0 unspecified atom stereocenters. The Bertz CT molecular complexity index is 2590. The number of aryl methyl sites for hydroxylation is 3. The van der Waals surface area contributed by atoms with Crippen LogP contribution in [0.5, 0.6) is 51.7 Å². The fourth-order valence-electron chi connectivity index (χ4n) is 9.16. The van der Waals surface area contributed by atoms with Crippen molar-refractivity contribution in [2.75, 3.05) is 21.3 Å². The molecular formula is C45H38O9. The van der Waals surface area contributed by atoms with Gasteiger partial charge in [-0.3, -0.25) is 0 Å². The molecule has 0 heterocycles. The van der Waals surface area contributed by atoms with Crippen LogP contribution in [-0.4, -0.2) is 52.0 Å². The van der Waals surface area contributed by atoms with Crippen molar-refractivity contribution in [1.82, 2.24) is 0 Å². The molecular weight excluding hydrogens is 684 g/mol. The molecule has 6 aromatic carbocycles. The summed E-state index contributed by atoms with van der Waals surface area (Å²) in [4.78, 5) is 0. The van der Waals surface area contributed by atoms with Crippen LogP contribution in [0.2, 0.25) is 0 Å². The standard InChI is InChI=1S/C45H38O9/c1-52-25-15-23-5-4-22-16-34(48)32(18-31(22)40(23)35(49)17-25)43-29-11-10-28-27(42(29)37(51)19-38(43)53-2)12-13-33(47)44(28)45-30-8-6-21-14-24(46)7-9-26(21)41(30)36(50)20-39(45)54-3/h7,9,12-20,46-51H,4-6,8,10-11H2,1-3H3. The minimum atomic E-state index is -0.0100. The van der Waals surface area contributed by atoms with Gasteiger partial charge in [-0.25, -0.2) is 0 Å². The van der Waals surface area contributed by atoms with E-state index in [1.54, 1.807) is 61.7 Å². The van der Waals surface area contributed by atoms with Gasteiger partial charge >= 0.3 is 0 Å². The summed E-state index contributed by atoms with van der Waals surface area (Å²) in [5, 5.41) is 67.7. The van der Waals surface area contributed by atoms with E-state index >= 15 is 0 Å². The van der Waals surface area contributed by atoms with Crippen LogP contribution in [0.4, 0.5) is 0 Å². The molecule has 0 atom stereocenters. The van der Waals surface area contributed by atoms with Crippen LogP contribution < -0.4 is 14.2 Å². The van der Waals surface area contributed by atoms with E-state index < -0.39 is 0 Å². The fourth-order valence-corrected chi connectivity index (χ4v) is 9.16. The summed E-state index contributed by atoms with van der Waals surface area (Å²) < 4.78 is 17.2. The molecule has 0 aromatic heterocycles. The molecule has 54 heavy (non-hydrogen) atoms. The lowest BCUT2D eigenvalue weighted by Gasteiger charge is -2.30. The van der Waals surface area contributed by atoms with Gasteiger partial charge in [-0.1, -0.05) is 12.1 Å². The van der Waals surface area contributed by atoms with E-state index in [1.807, 2.05) is 12.1 Å². The van der Waals surface area contributed by atoms with E-state index in [4.69, 9.17) is 14.2 Å². The second kappa shape index (κ2) is 12.3. The first-order valence-corrected chi connectivity index (χ1v) is 17.9. The van der Waals surface area contributed by atoms with Gasteiger partial charge in [0.25, 0.3) is 0 Å². The molecule has 0 fully saturated rings. The average molecular weight is 723 g/mol. The van der Waals surface area contributed by atoms with E-state index in [1.165, 1.54) is 14.2 Å². The summed E-state index contributed by atoms with van der Waals surface area (Å²) >= 11 is 0. The molecule has 6 N–H and O–H groups in total. The molecule has 3 aliphatic rings. The van der Waals surface area contributed by atoms with Crippen molar-refractivity contribution in [3.05, 3.63) is 100 Å². The molecule has 9 rings (SSSR count). The highest BCUT2D eigenvalue weighted by Crippen LogP contribution is 2.57. The number of phenols is 6. The maximum Gasteiger partial charge on any atom is 0.130 e. The Morgan fingerprint density at radius 1 is 0.370 bits per heavy atom. The monoisotopic (exact) mass is 722 g/mol. The number of hydrogen-bond donors (Lipinski definition) is 6. The number of ether oxygens (including phenoxy) is 3. The van der Waals surface area contributed by atoms with E-state index in [2.05, 4.69) is 0 Å². The molecule has 0 amide bonds. The number of fused-ring (bicyclic) bond motifs is 9. The van der Waals surface area contributed by atoms with Crippen LogP contribution >= 0.6 is 0 Å². The van der Waals surface area contributed by atoms with Gasteiger partial charge in [0.15, 0.2) is 0 Å². The quantitative estimate of drug-likeness (QED) is 0.103. The third kappa shape index (κ3) is 4.84. The van der Waals surface area contributed by atoms with Gasteiger partial charge in [-0.2, -0.15) is 0 Å². The van der Waals surface area contributed by atoms with E-state index in [-0.39, 0.29) is 34.5 Å². The lowest BCUT2D eigenvalue weighted by Crippen LogP contribution is -2.12. The molecule has 0 saturated heterocycles. The number of phenolic OH excluding ortho intramolecular Hbond substituents is 6. The Balaban J connectivity index is 1.27. The Hall–Kier alpha value is -6.48. The second-order valence-electron chi connectivity index (χ2n) is 14.2. The van der Waals surface area contributed by atoms with Gasteiger partial charge in [0.05, 0.1) is 21.3 Å². The van der Waals surface area contributed by atoms with Gasteiger partial charge in [0.1, 0.15) is 51.7 Å². The number of hydrogen-bond acceptors (Lipinski definition) is 9. The minimum absolute atomic E-state index is 0.0100. The van der Waals surface area contributed by atoms with Gasteiger partial charge < -0.3 is 44.8 Å². The highest BCUT2D eigenvalue weighted by Gasteiger charge is 2.34. The maximum absolute atomic E-state index is 11.7. The lowest BCUT2D eigenvalue weighted by atomic mass is 9.75. The smallest absolute Gasteiger partial charge is 0.130 e. The lowest BCUT2D eigenvalue weighted by molar-refractivity contribution is 0.407. The Kier molecular flexibility index (Phi) is 7.60. The van der Waals surface area contributed by atoms with Crippen molar-refractivity contribution in [2.24, 2.45) is 0 Å². The van der Waals surface area contributed by atoms with Crippen LogP contribution in [0.3, 0.4) is 0 Å². The average Bonchev–Trinajstić information content (AvgIpc) is 3.17. The van der Waals surface area contributed by atoms with Crippen molar-refractivity contribution >= 4 is 0 Å². The first-order valence-electron chi connectivity index (χ1n) is 17.9. The predicted molar refractivity (Wildman–Crippen MR) is 205 cm³/mol. The van der Waals surface area contributed by atoms with Crippen molar-refractivity contribution in [2.45, 2.75) is 38.5 Å². The molecule has 3 aliphatic carbocycles. The minimum Gasteiger partial charge on any atom is -0.508 e. The number of benzene rings is 6. The summed E-state index contributed by atoms with van der Waals surface area (Å²) in [6.07, 6.45) is 3.38. The van der Waals surface area contributed by atoms with Crippen molar-refractivity contribution in [3.63, 3.8) is 0 Å².